The first-order chi connectivity index (χ1) is 6.18. The van der Waals surface area contributed by atoms with Gasteiger partial charge in [-0.3, -0.25) is 0 Å². The molecule has 0 aromatic carbocycles. The molecule has 7 nitrogen and oxygen atoms in total. The van der Waals surface area contributed by atoms with Crippen LogP contribution in [0.25, 0.3) is 11.5 Å². The van der Waals surface area contributed by atoms with Crippen LogP contribution < -0.4 is 11.6 Å². The molecule has 2 heterocycles. The third-order valence-corrected chi connectivity index (χ3v) is 1.58. The van der Waals surface area contributed by atoms with Crippen LogP contribution in [0.2, 0.25) is 0 Å². The van der Waals surface area contributed by atoms with E-state index in [2.05, 4.69) is 15.4 Å². The van der Waals surface area contributed by atoms with Crippen LogP contribution in [0.4, 0.5) is 5.95 Å². The summed E-state index contributed by atoms with van der Waals surface area (Å²) >= 11 is 0. The summed E-state index contributed by atoms with van der Waals surface area (Å²) in [6.07, 6.45) is 0. The van der Waals surface area contributed by atoms with Crippen molar-refractivity contribution in [3.05, 3.63) is 11.8 Å². The van der Waals surface area contributed by atoms with Crippen LogP contribution in [-0.4, -0.2) is 20.0 Å². The van der Waals surface area contributed by atoms with E-state index in [1.54, 1.807) is 13.0 Å². The minimum Gasteiger partial charge on any atom is -0.366 e. The van der Waals surface area contributed by atoms with Crippen molar-refractivity contribution in [1.82, 2.24) is 20.0 Å². The van der Waals surface area contributed by atoms with Crippen molar-refractivity contribution in [3.8, 4) is 11.5 Å². The largest absolute Gasteiger partial charge is 0.366 e. The topological polar surface area (TPSA) is 109 Å². The van der Waals surface area contributed by atoms with E-state index in [-0.39, 0.29) is 5.95 Å². The molecule has 13 heavy (non-hydrogen) atoms. The van der Waals surface area contributed by atoms with Crippen LogP contribution in [0.5, 0.6) is 0 Å². The number of nitrogen functional groups attached to an aromatic ring is 2. The molecule has 0 aliphatic heterocycles. The molecule has 0 radical (unpaired) electrons. The lowest BCUT2D eigenvalue weighted by Gasteiger charge is -1.94. The van der Waals surface area contributed by atoms with Crippen molar-refractivity contribution in [2.75, 3.05) is 11.6 Å². The summed E-state index contributed by atoms with van der Waals surface area (Å²) in [5, 5.41) is 11.1. The molecule has 0 aliphatic carbocycles. The molecule has 7 heteroatoms. The molecule has 2 aromatic heterocycles. The number of aryl methyl sites for hydroxylation is 1. The van der Waals surface area contributed by atoms with E-state index in [1.807, 2.05) is 0 Å². The van der Waals surface area contributed by atoms with Gasteiger partial charge in [-0.25, -0.2) is 4.68 Å². The van der Waals surface area contributed by atoms with Gasteiger partial charge in [-0.1, -0.05) is 5.16 Å². The number of hydrogen-bond acceptors (Lipinski definition) is 6. The van der Waals surface area contributed by atoms with Crippen LogP contribution in [0.1, 0.15) is 5.76 Å². The van der Waals surface area contributed by atoms with Gasteiger partial charge in [0.2, 0.25) is 11.8 Å². The molecule has 0 atom stereocenters. The van der Waals surface area contributed by atoms with Crippen molar-refractivity contribution in [3.63, 3.8) is 0 Å². The minimum absolute atomic E-state index is 0.135. The number of nitrogens with zero attached hydrogens (tertiary/aromatic N) is 4. The second kappa shape index (κ2) is 2.47. The monoisotopic (exact) mass is 180 g/mol. The van der Waals surface area contributed by atoms with Gasteiger partial charge < -0.3 is 16.1 Å². The number of nitrogens with two attached hydrogens (primary N) is 2. The first-order valence-electron chi connectivity index (χ1n) is 3.58. The zero-order chi connectivity index (χ0) is 9.42. The van der Waals surface area contributed by atoms with Crippen molar-refractivity contribution in [2.45, 2.75) is 6.92 Å². The van der Waals surface area contributed by atoms with Crippen LogP contribution in [0.3, 0.4) is 0 Å². The summed E-state index contributed by atoms with van der Waals surface area (Å²) in [5.41, 5.74) is 5.91. The molecular formula is C6H8N6O. The predicted molar refractivity (Wildman–Crippen MR) is 44.8 cm³/mol. The highest BCUT2D eigenvalue weighted by molar-refractivity contribution is 5.51. The molecule has 0 unspecified atom stereocenters. The summed E-state index contributed by atoms with van der Waals surface area (Å²) in [7, 11) is 0. The van der Waals surface area contributed by atoms with Gasteiger partial charge in [-0.05, 0) is 6.92 Å². The molecule has 0 saturated heterocycles. The molecule has 2 aromatic rings. The van der Waals surface area contributed by atoms with Crippen molar-refractivity contribution < 1.29 is 4.52 Å². The molecular weight excluding hydrogens is 172 g/mol. The molecule has 0 bridgehead atoms. The first-order valence-corrected chi connectivity index (χ1v) is 3.58. The third-order valence-electron chi connectivity index (χ3n) is 1.58. The number of aromatic nitrogens is 4. The van der Waals surface area contributed by atoms with Gasteiger partial charge in [0.15, 0.2) is 5.69 Å². The van der Waals surface area contributed by atoms with Gasteiger partial charge in [0.25, 0.3) is 0 Å². The molecule has 0 amide bonds. The summed E-state index contributed by atoms with van der Waals surface area (Å²) in [6, 6.07) is 1.70. The van der Waals surface area contributed by atoms with Gasteiger partial charge in [-0.2, -0.15) is 0 Å². The maximum Gasteiger partial charge on any atom is 0.241 e. The van der Waals surface area contributed by atoms with E-state index < -0.39 is 0 Å². The van der Waals surface area contributed by atoms with Gasteiger partial charge >= 0.3 is 0 Å². The maximum absolute atomic E-state index is 5.53. The quantitative estimate of drug-likeness (QED) is 0.574. The molecule has 2 rings (SSSR count). The Kier molecular flexibility index (Phi) is 1.44. The number of rotatable bonds is 1. The van der Waals surface area contributed by atoms with Crippen LogP contribution in [0.15, 0.2) is 10.6 Å². The Morgan fingerprint density at radius 1 is 1.46 bits per heavy atom. The van der Waals surface area contributed by atoms with Crippen molar-refractivity contribution in [2.24, 2.45) is 0 Å². The average molecular weight is 180 g/mol. The smallest absolute Gasteiger partial charge is 0.241 e. The van der Waals surface area contributed by atoms with E-state index in [1.165, 1.54) is 0 Å². The Balaban J connectivity index is 2.52. The SMILES string of the molecule is Cc1cc(-c2nnc(N)n2N)no1. The lowest BCUT2D eigenvalue weighted by molar-refractivity contribution is 0.399. The summed E-state index contributed by atoms with van der Waals surface area (Å²) in [4.78, 5) is 0. The summed E-state index contributed by atoms with van der Waals surface area (Å²) in [5.74, 6) is 6.72. The van der Waals surface area contributed by atoms with Crippen LogP contribution >= 0.6 is 0 Å². The maximum atomic E-state index is 5.53. The zero-order valence-corrected chi connectivity index (χ0v) is 6.93. The Labute approximate surface area is 73.3 Å². The lowest BCUT2D eigenvalue weighted by atomic mass is 10.4. The molecule has 0 aliphatic rings. The number of hydrogen-bond donors (Lipinski definition) is 2. The Hall–Kier alpha value is -2.05. The van der Waals surface area contributed by atoms with Crippen LogP contribution in [0, 0.1) is 6.92 Å². The highest BCUT2D eigenvalue weighted by Crippen LogP contribution is 2.15. The molecule has 0 spiro atoms. The van der Waals surface area contributed by atoms with E-state index in [0.717, 1.165) is 4.68 Å². The van der Waals surface area contributed by atoms with Crippen molar-refractivity contribution >= 4 is 5.95 Å². The van der Waals surface area contributed by atoms with Gasteiger partial charge in [0, 0.05) is 6.07 Å². The fourth-order valence-electron chi connectivity index (χ4n) is 0.950. The minimum atomic E-state index is 0.135. The van der Waals surface area contributed by atoms with E-state index in [0.29, 0.717) is 17.3 Å². The second-order valence-electron chi connectivity index (χ2n) is 2.57. The Morgan fingerprint density at radius 2 is 2.23 bits per heavy atom. The molecule has 4 N–H and O–H groups in total. The lowest BCUT2D eigenvalue weighted by Crippen LogP contribution is -2.13. The van der Waals surface area contributed by atoms with E-state index in [4.69, 9.17) is 16.1 Å². The van der Waals surface area contributed by atoms with Gasteiger partial charge in [0.05, 0.1) is 0 Å². The van der Waals surface area contributed by atoms with Crippen molar-refractivity contribution in [1.29, 1.82) is 0 Å². The molecule has 68 valence electrons. The van der Waals surface area contributed by atoms with Gasteiger partial charge in [-0.15, -0.1) is 10.2 Å². The highest BCUT2D eigenvalue weighted by atomic mass is 16.5. The van der Waals surface area contributed by atoms with E-state index in [9.17, 15) is 0 Å². The van der Waals surface area contributed by atoms with Crippen LogP contribution in [-0.2, 0) is 0 Å². The number of anilines is 1. The fourth-order valence-corrected chi connectivity index (χ4v) is 0.950. The molecule has 0 saturated carbocycles. The fraction of sp³-hybridized carbons (Fsp3) is 0.167. The normalized spacial score (nSPS) is 10.5. The average Bonchev–Trinajstić information content (AvgIpc) is 2.62. The molecule has 0 fully saturated rings. The summed E-state index contributed by atoms with van der Waals surface area (Å²) < 4.78 is 6.01. The third kappa shape index (κ3) is 1.10. The van der Waals surface area contributed by atoms with E-state index >= 15 is 0 Å². The first kappa shape index (κ1) is 7.59. The Morgan fingerprint density at radius 3 is 2.69 bits per heavy atom. The highest BCUT2D eigenvalue weighted by Gasteiger charge is 2.12. The predicted octanol–water partition coefficient (Wildman–Crippen LogP) is -0.462. The standard InChI is InChI=1S/C6H8N6O/c1-3-2-4(11-13-3)5-9-10-6(7)12(5)8/h2H,8H2,1H3,(H2,7,10). The zero-order valence-electron chi connectivity index (χ0n) is 6.93. The second-order valence-corrected chi connectivity index (χ2v) is 2.57. The Bertz CT molecular complexity index is 430. The van der Waals surface area contributed by atoms with Gasteiger partial charge in [0.1, 0.15) is 5.76 Å². The summed E-state index contributed by atoms with van der Waals surface area (Å²) in [6.45, 7) is 1.77.